The van der Waals surface area contributed by atoms with Gasteiger partial charge in [0, 0.05) is 6.54 Å². The lowest BCUT2D eigenvalue weighted by Crippen LogP contribution is -2.42. The van der Waals surface area contributed by atoms with Gasteiger partial charge in [-0.15, -0.1) is 0 Å². The van der Waals surface area contributed by atoms with Gasteiger partial charge in [0.05, 0.1) is 0 Å². The Hall–Kier alpha value is -0.0800. The van der Waals surface area contributed by atoms with E-state index in [1.165, 1.54) is 58.2 Å². The summed E-state index contributed by atoms with van der Waals surface area (Å²) in [6.45, 7) is 7.23. The molecule has 2 nitrogen and oxygen atoms in total. The Balaban J connectivity index is 1.72. The van der Waals surface area contributed by atoms with Crippen molar-refractivity contribution in [1.82, 2.24) is 4.90 Å². The summed E-state index contributed by atoms with van der Waals surface area (Å²) >= 11 is 0. The molecular weight excluding hydrogens is 184 g/mol. The molecule has 2 rings (SSSR count). The summed E-state index contributed by atoms with van der Waals surface area (Å²) < 4.78 is 0. The largest absolute Gasteiger partial charge is 0.330 e. The van der Waals surface area contributed by atoms with Gasteiger partial charge in [-0.05, 0) is 63.1 Å². The zero-order chi connectivity index (χ0) is 10.7. The summed E-state index contributed by atoms with van der Waals surface area (Å²) in [5.74, 6) is 0.911. The second-order valence-electron chi connectivity index (χ2n) is 5.86. The van der Waals surface area contributed by atoms with Crippen LogP contribution >= 0.6 is 0 Å². The van der Waals surface area contributed by atoms with Crippen LogP contribution in [0.25, 0.3) is 0 Å². The number of likely N-dealkylation sites (tertiary alicyclic amines) is 1. The molecule has 0 aromatic carbocycles. The maximum Gasteiger partial charge on any atom is 0.000703 e. The lowest BCUT2D eigenvalue weighted by atomic mass is 9.66. The molecule has 1 aliphatic carbocycles. The topological polar surface area (TPSA) is 29.3 Å². The Kier molecular flexibility index (Phi) is 3.68. The van der Waals surface area contributed by atoms with Gasteiger partial charge in [-0.2, -0.15) is 0 Å². The Labute approximate surface area is 94.2 Å². The molecule has 2 fully saturated rings. The molecule has 2 N–H and O–H groups in total. The van der Waals surface area contributed by atoms with Crippen LogP contribution in [0.1, 0.15) is 45.4 Å². The summed E-state index contributed by atoms with van der Waals surface area (Å²) in [4.78, 5) is 2.66. The Bertz CT molecular complexity index is 193. The first kappa shape index (κ1) is 11.4. The summed E-state index contributed by atoms with van der Waals surface area (Å²) in [5.41, 5.74) is 6.44. The second kappa shape index (κ2) is 4.84. The van der Waals surface area contributed by atoms with Crippen molar-refractivity contribution in [2.75, 3.05) is 26.2 Å². The van der Waals surface area contributed by atoms with Crippen molar-refractivity contribution in [2.45, 2.75) is 45.4 Å². The highest BCUT2D eigenvalue weighted by Gasteiger charge is 2.35. The van der Waals surface area contributed by atoms with Gasteiger partial charge in [0.25, 0.3) is 0 Å². The van der Waals surface area contributed by atoms with E-state index in [2.05, 4.69) is 11.8 Å². The highest BCUT2D eigenvalue weighted by molar-refractivity contribution is 4.89. The van der Waals surface area contributed by atoms with Gasteiger partial charge >= 0.3 is 0 Å². The quantitative estimate of drug-likeness (QED) is 0.771. The number of piperidine rings is 1. The highest BCUT2D eigenvalue weighted by Crippen LogP contribution is 2.43. The van der Waals surface area contributed by atoms with Gasteiger partial charge in [0.1, 0.15) is 0 Å². The van der Waals surface area contributed by atoms with E-state index < -0.39 is 0 Å². The number of rotatable bonds is 4. The van der Waals surface area contributed by atoms with Gasteiger partial charge in [-0.1, -0.05) is 13.3 Å². The normalized spacial score (nSPS) is 31.2. The fourth-order valence-corrected chi connectivity index (χ4v) is 3.12. The van der Waals surface area contributed by atoms with Crippen molar-refractivity contribution >= 4 is 0 Å². The lowest BCUT2D eigenvalue weighted by molar-refractivity contribution is 0.0915. The average molecular weight is 210 g/mol. The Morgan fingerprint density at radius 3 is 2.67 bits per heavy atom. The van der Waals surface area contributed by atoms with E-state index in [0.717, 1.165) is 12.5 Å². The third-order valence-corrected chi connectivity index (χ3v) is 4.55. The minimum Gasteiger partial charge on any atom is -0.330 e. The highest BCUT2D eigenvalue weighted by atomic mass is 15.1. The minimum absolute atomic E-state index is 0.542. The fraction of sp³-hybridized carbons (Fsp3) is 1.00. The smallest absolute Gasteiger partial charge is 0.000703 e. The zero-order valence-corrected chi connectivity index (χ0v) is 10.2. The number of nitrogens with two attached hydrogens (primary N) is 1. The molecule has 0 radical (unpaired) electrons. The van der Waals surface area contributed by atoms with Gasteiger partial charge in [-0.3, -0.25) is 0 Å². The summed E-state index contributed by atoms with van der Waals surface area (Å²) in [6.07, 6.45) is 8.35. The van der Waals surface area contributed by atoms with Crippen molar-refractivity contribution in [3.8, 4) is 0 Å². The van der Waals surface area contributed by atoms with Crippen molar-refractivity contribution in [1.29, 1.82) is 0 Å². The maximum absolute atomic E-state index is 5.89. The van der Waals surface area contributed by atoms with E-state index >= 15 is 0 Å². The molecule has 1 unspecified atom stereocenters. The van der Waals surface area contributed by atoms with Crippen molar-refractivity contribution in [3.63, 3.8) is 0 Å². The fourth-order valence-electron chi connectivity index (χ4n) is 3.12. The van der Waals surface area contributed by atoms with Crippen LogP contribution in [0.3, 0.4) is 0 Å². The predicted molar refractivity (Wildman–Crippen MR) is 64.8 cm³/mol. The van der Waals surface area contributed by atoms with Gasteiger partial charge in [0.15, 0.2) is 0 Å². The van der Waals surface area contributed by atoms with Gasteiger partial charge in [-0.25, -0.2) is 0 Å². The first-order chi connectivity index (χ1) is 7.24. The molecule has 1 saturated carbocycles. The third kappa shape index (κ3) is 2.73. The standard InChI is InChI=1S/C13H26N2/c1-12-4-2-8-15(10-12)9-7-13(11-14)5-3-6-13/h12H,2-11,14H2,1H3. The molecule has 0 bridgehead atoms. The molecule has 1 atom stereocenters. The van der Waals surface area contributed by atoms with E-state index in [-0.39, 0.29) is 0 Å². The number of nitrogens with zero attached hydrogens (tertiary/aromatic N) is 1. The van der Waals surface area contributed by atoms with Crippen LogP contribution in [0.15, 0.2) is 0 Å². The first-order valence-electron chi connectivity index (χ1n) is 6.66. The van der Waals surface area contributed by atoms with Crippen LogP contribution in [-0.4, -0.2) is 31.1 Å². The molecule has 0 spiro atoms. The molecular formula is C13H26N2. The van der Waals surface area contributed by atoms with Crippen LogP contribution in [0, 0.1) is 11.3 Å². The van der Waals surface area contributed by atoms with Gasteiger partial charge < -0.3 is 10.6 Å². The second-order valence-corrected chi connectivity index (χ2v) is 5.86. The molecule has 2 aliphatic rings. The summed E-state index contributed by atoms with van der Waals surface area (Å²) in [5, 5.41) is 0. The van der Waals surface area contributed by atoms with E-state index in [4.69, 9.17) is 5.73 Å². The molecule has 88 valence electrons. The molecule has 0 aromatic heterocycles. The molecule has 0 aromatic rings. The Morgan fingerprint density at radius 2 is 2.13 bits per heavy atom. The third-order valence-electron chi connectivity index (χ3n) is 4.55. The van der Waals surface area contributed by atoms with E-state index in [0.29, 0.717) is 5.41 Å². The molecule has 15 heavy (non-hydrogen) atoms. The predicted octanol–water partition coefficient (Wildman–Crippen LogP) is 2.24. The van der Waals surface area contributed by atoms with E-state index in [9.17, 15) is 0 Å². The van der Waals surface area contributed by atoms with Crippen LogP contribution < -0.4 is 5.73 Å². The monoisotopic (exact) mass is 210 g/mol. The average Bonchev–Trinajstić information content (AvgIpc) is 2.17. The van der Waals surface area contributed by atoms with Crippen molar-refractivity contribution in [2.24, 2.45) is 17.1 Å². The lowest BCUT2D eigenvalue weighted by Gasteiger charge is -2.43. The van der Waals surface area contributed by atoms with Crippen LogP contribution in [0.4, 0.5) is 0 Å². The SMILES string of the molecule is CC1CCCN(CCC2(CN)CCC2)C1. The molecule has 1 saturated heterocycles. The number of hydrogen-bond donors (Lipinski definition) is 1. The molecule has 1 aliphatic heterocycles. The molecule has 1 heterocycles. The summed E-state index contributed by atoms with van der Waals surface area (Å²) in [6, 6.07) is 0. The number of hydrogen-bond acceptors (Lipinski definition) is 2. The van der Waals surface area contributed by atoms with Gasteiger partial charge in [0.2, 0.25) is 0 Å². The van der Waals surface area contributed by atoms with E-state index in [1.807, 2.05) is 0 Å². The Morgan fingerprint density at radius 1 is 1.33 bits per heavy atom. The zero-order valence-electron chi connectivity index (χ0n) is 10.2. The molecule has 2 heteroatoms. The first-order valence-corrected chi connectivity index (χ1v) is 6.66. The van der Waals surface area contributed by atoms with Crippen LogP contribution in [0.2, 0.25) is 0 Å². The molecule has 0 amide bonds. The van der Waals surface area contributed by atoms with Crippen LogP contribution in [-0.2, 0) is 0 Å². The minimum atomic E-state index is 0.542. The van der Waals surface area contributed by atoms with Crippen molar-refractivity contribution < 1.29 is 0 Å². The maximum atomic E-state index is 5.89. The van der Waals surface area contributed by atoms with Crippen molar-refractivity contribution in [3.05, 3.63) is 0 Å². The summed E-state index contributed by atoms with van der Waals surface area (Å²) in [7, 11) is 0. The van der Waals surface area contributed by atoms with Crippen LogP contribution in [0.5, 0.6) is 0 Å². The van der Waals surface area contributed by atoms with E-state index in [1.54, 1.807) is 0 Å².